The van der Waals surface area contributed by atoms with Crippen LogP contribution < -0.4 is 15.1 Å². The van der Waals surface area contributed by atoms with Gasteiger partial charge in [0.15, 0.2) is 5.82 Å². The van der Waals surface area contributed by atoms with Gasteiger partial charge in [0.2, 0.25) is 5.28 Å². The van der Waals surface area contributed by atoms with Crippen LogP contribution in [-0.4, -0.2) is 61.0 Å². The number of fused-ring (bicyclic) bond motifs is 3. The van der Waals surface area contributed by atoms with Crippen molar-refractivity contribution in [3.05, 3.63) is 47.4 Å². The number of benzene rings is 1. The number of alkyl carbamates (subject to hydrolysis) is 1. The number of carbonyl (C=O) groups excluding carboxylic acids is 1. The predicted molar refractivity (Wildman–Crippen MR) is 127 cm³/mol. The van der Waals surface area contributed by atoms with E-state index in [1.807, 2.05) is 36.5 Å². The Balaban J connectivity index is 1.13. The van der Waals surface area contributed by atoms with Crippen molar-refractivity contribution in [2.45, 2.75) is 44.4 Å². The molecule has 2 aromatic rings. The average Bonchev–Trinajstić information content (AvgIpc) is 2.84. The molecule has 1 saturated heterocycles. The quantitative estimate of drug-likeness (QED) is 0.667. The van der Waals surface area contributed by atoms with Crippen molar-refractivity contribution in [1.82, 2.24) is 15.3 Å². The van der Waals surface area contributed by atoms with Gasteiger partial charge in [-0.25, -0.2) is 9.78 Å². The number of morpholine rings is 1. The number of anilines is 2. The monoisotopic (exact) mass is 471 g/mol. The van der Waals surface area contributed by atoms with Gasteiger partial charge in [-0.15, -0.1) is 0 Å². The molecular weight excluding hydrogens is 442 g/mol. The zero-order chi connectivity index (χ0) is 22.6. The number of nitrogens with one attached hydrogen (secondary N) is 1. The minimum atomic E-state index is -0.335. The third-order valence-corrected chi connectivity index (χ3v) is 7.03. The van der Waals surface area contributed by atoms with Crippen LogP contribution in [0.25, 0.3) is 0 Å². The molecule has 2 aliphatic heterocycles. The Kier molecular flexibility index (Phi) is 6.83. The van der Waals surface area contributed by atoms with Gasteiger partial charge in [-0.3, -0.25) is 0 Å². The molecule has 33 heavy (non-hydrogen) atoms. The van der Waals surface area contributed by atoms with Crippen LogP contribution >= 0.6 is 11.6 Å². The molecule has 9 heteroatoms. The Hall–Kier alpha value is -2.58. The fourth-order valence-electron chi connectivity index (χ4n) is 5.12. The molecule has 1 saturated carbocycles. The lowest BCUT2D eigenvalue weighted by Gasteiger charge is -2.46. The molecule has 0 bridgehead atoms. The molecular formula is C24H30ClN5O3. The van der Waals surface area contributed by atoms with Gasteiger partial charge in [0.25, 0.3) is 0 Å². The van der Waals surface area contributed by atoms with Crippen LogP contribution in [-0.2, 0) is 16.1 Å². The second-order valence-electron chi connectivity index (χ2n) is 9.10. The number of nitrogens with zero attached hydrogens (tertiary/aromatic N) is 4. The molecule has 2 fully saturated rings. The van der Waals surface area contributed by atoms with Gasteiger partial charge in [0.05, 0.1) is 31.1 Å². The van der Waals surface area contributed by atoms with E-state index in [-0.39, 0.29) is 23.5 Å². The second-order valence-corrected chi connectivity index (χ2v) is 9.44. The van der Waals surface area contributed by atoms with Crippen LogP contribution in [0.5, 0.6) is 0 Å². The van der Waals surface area contributed by atoms with Crippen LogP contribution in [0, 0.1) is 5.92 Å². The Bertz CT molecular complexity index is 954. The summed E-state index contributed by atoms with van der Waals surface area (Å²) in [6.07, 6.45) is 5.57. The molecule has 176 valence electrons. The van der Waals surface area contributed by atoms with E-state index < -0.39 is 0 Å². The maximum Gasteiger partial charge on any atom is 0.407 e. The highest BCUT2D eigenvalue weighted by Gasteiger charge is 2.36. The van der Waals surface area contributed by atoms with Crippen LogP contribution in [0.15, 0.2) is 36.5 Å². The molecule has 1 aromatic heterocycles. The van der Waals surface area contributed by atoms with Crippen LogP contribution in [0.4, 0.5) is 16.3 Å². The molecule has 1 aliphatic carbocycles. The Labute approximate surface area is 199 Å². The fraction of sp³-hybridized carbons (Fsp3) is 0.542. The van der Waals surface area contributed by atoms with Gasteiger partial charge in [0.1, 0.15) is 6.61 Å². The standard InChI is InChI=1S/C24H30ClN5O3/c25-23-26-12-21-22(28-23)30-10-11-32-16-20(30)14-29(21)13-17-6-8-19(9-7-17)27-24(31)33-15-18-4-2-1-3-5-18/h1-5,12,17,19-20H,6-11,13-16H2,(H,27,31)/t17-,19-,20-/m1/s1. The van der Waals surface area contributed by atoms with E-state index in [9.17, 15) is 4.79 Å². The summed E-state index contributed by atoms with van der Waals surface area (Å²) in [5.74, 6) is 1.48. The number of hydrogen-bond acceptors (Lipinski definition) is 7. The van der Waals surface area contributed by atoms with E-state index in [1.54, 1.807) is 0 Å². The number of aromatic nitrogens is 2. The van der Waals surface area contributed by atoms with Gasteiger partial charge >= 0.3 is 6.09 Å². The van der Waals surface area contributed by atoms with E-state index in [0.29, 0.717) is 25.7 Å². The lowest BCUT2D eigenvalue weighted by Crippen LogP contribution is -2.56. The highest BCUT2D eigenvalue weighted by Crippen LogP contribution is 2.37. The molecule has 3 aliphatic rings. The van der Waals surface area contributed by atoms with Crippen molar-refractivity contribution in [1.29, 1.82) is 0 Å². The zero-order valence-corrected chi connectivity index (χ0v) is 19.4. The smallest absolute Gasteiger partial charge is 0.407 e. The molecule has 5 rings (SSSR count). The maximum atomic E-state index is 12.2. The molecule has 1 amide bonds. The normalized spacial score (nSPS) is 24.6. The summed E-state index contributed by atoms with van der Waals surface area (Å²) in [4.78, 5) is 25.7. The first-order valence-electron chi connectivity index (χ1n) is 11.7. The summed E-state index contributed by atoms with van der Waals surface area (Å²) in [5, 5.41) is 3.32. The van der Waals surface area contributed by atoms with Crippen molar-refractivity contribution < 1.29 is 14.3 Å². The van der Waals surface area contributed by atoms with Crippen molar-refractivity contribution in [3.63, 3.8) is 0 Å². The van der Waals surface area contributed by atoms with Crippen LogP contribution in [0.3, 0.4) is 0 Å². The first-order chi connectivity index (χ1) is 16.2. The summed E-state index contributed by atoms with van der Waals surface area (Å²) >= 11 is 6.12. The number of carbonyl (C=O) groups is 1. The molecule has 8 nitrogen and oxygen atoms in total. The molecule has 0 radical (unpaired) electrons. The number of hydrogen-bond donors (Lipinski definition) is 1. The average molecular weight is 472 g/mol. The van der Waals surface area contributed by atoms with E-state index in [2.05, 4.69) is 25.1 Å². The van der Waals surface area contributed by atoms with Gasteiger partial charge in [-0.2, -0.15) is 4.98 Å². The summed E-state index contributed by atoms with van der Waals surface area (Å²) in [5.41, 5.74) is 2.05. The first-order valence-corrected chi connectivity index (χ1v) is 12.1. The summed E-state index contributed by atoms with van der Waals surface area (Å²) in [7, 11) is 0. The number of amides is 1. The lowest BCUT2D eigenvalue weighted by atomic mass is 9.85. The van der Waals surface area contributed by atoms with Crippen molar-refractivity contribution in [2.75, 3.05) is 42.6 Å². The summed E-state index contributed by atoms with van der Waals surface area (Å²) < 4.78 is 11.1. The Morgan fingerprint density at radius 2 is 2.03 bits per heavy atom. The SMILES string of the molecule is O=C(N[C@H]1CC[C@H](CN2C[C@@H]3COCCN3c3nc(Cl)ncc32)CC1)OCc1ccccc1. The predicted octanol–water partition coefficient (Wildman–Crippen LogP) is 3.64. The lowest BCUT2D eigenvalue weighted by molar-refractivity contribution is 0.0932. The molecule has 1 atom stereocenters. The minimum absolute atomic E-state index is 0.169. The third kappa shape index (κ3) is 5.33. The van der Waals surface area contributed by atoms with E-state index in [1.165, 1.54) is 0 Å². The molecule has 3 heterocycles. The minimum Gasteiger partial charge on any atom is -0.445 e. The molecule has 0 unspecified atom stereocenters. The van der Waals surface area contributed by atoms with Gasteiger partial charge < -0.3 is 24.6 Å². The highest BCUT2D eigenvalue weighted by molar-refractivity contribution is 6.28. The summed E-state index contributed by atoms with van der Waals surface area (Å²) in [6.45, 7) is 4.40. The second kappa shape index (κ2) is 10.1. The van der Waals surface area contributed by atoms with Crippen LogP contribution in [0.2, 0.25) is 5.28 Å². The third-order valence-electron chi connectivity index (χ3n) is 6.85. The Morgan fingerprint density at radius 3 is 2.85 bits per heavy atom. The van der Waals surface area contributed by atoms with E-state index >= 15 is 0 Å². The number of rotatable bonds is 5. The molecule has 1 N–H and O–H groups in total. The fourth-order valence-corrected chi connectivity index (χ4v) is 5.25. The van der Waals surface area contributed by atoms with Crippen molar-refractivity contribution >= 4 is 29.2 Å². The molecule has 0 spiro atoms. The number of halogens is 1. The van der Waals surface area contributed by atoms with E-state index in [0.717, 1.165) is 62.4 Å². The summed E-state index contributed by atoms with van der Waals surface area (Å²) in [6, 6.07) is 10.2. The Morgan fingerprint density at radius 1 is 1.21 bits per heavy atom. The first kappa shape index (κ1) is 22.2. The maximum absolute atomic E-state index is 12.2. The van der Waals surface area contributed by atoms with Gasteiger partial charge in [-0.1, -0.05) is 30.3 Å². The van der Waals surface area contributed by atoms with Gasteiger partial charge in [-0.05, 0) is 48.8 Å². The van der Waals surface area contributed by atoms with Crippen LogP contribution in [0.1, 0.15) is 31.2 Å². The number of ether oxygens (including phenoxy) is 2. The molecule has 1 aromatic carbocycles. The van der Waals surface area contributed by atoms with Crippen molar-refractivity contribution in [3.8, 4) is 0 Å². The highest BCUT2D eigenvalue weighted by atomic mass is 35.5. The topological polar surface area (TPSA) is 79.8 Å². The van der Waals surface area contributed by atoms with Crippen molar-refractivity contribution in [2.24, 2.45) is 5.92 Å². The largest absolute Gasteiger partial charge is 0.445 e. The van der Waals surface area contributed by atoms with Gasteiger partial charge in [0, 0.05) is 25.7 Å². The zero-order valence-electron chi connectivity index (χ0n) is 18.7. The van der Waals surface area contributed by atoms with E-state index in [4.69, 9.17) is 21.1 Å².